The second-order valence-electron chi connectivity index (χ2n) is 5.75. The molecule has 1 heterocycles. The van der Waals surface area contributed by atoms with Gasteiger partial charge in [-0.05, 0) is 11.6 Å². The molecule has 2 aromatic rings. The summed E-state index contributed by atoms with van der Waals surface area (Å²) in [4.78, 5) is 2.37. The predicted octanol–water partition coefficient (Wildman–Crippen LogP) is 2.68. The Morgan fingerprint density at radius 3 is 2.60 bits per heavy atom. The Morgan fingerprint density at radius 2 is 1.80 bits per heavy atom. The minimum Gasteiger partial charge on any atom is -0.377 e. The van der Waals surface area contributed by atoms with E-state index < -0.39 is 0 Å². The lowest BCUT2D eigenvalue weighted by Gasteiger charge is -2.30. The minimum atomic E-state index is 0.472. The molecule has 6 heteroatoms. The van der Waals surface area contributed by atoms with Gasteiger partial charge in [-0.3, -0.25) is 0 Å². The summed E-state index contributed by atoms with van der Waals surface area (Å²) in [5, 5.41) is 12.1. The van der Waals surface area contributed by atoms with Gasteiger partial charge in [-0.2, -0.15) is 5.10 Å². The van der Waals surface area contributed by atoms with E-state index in [4.69, 9.17) is 5.73 Å². The van der Waals surface area contributed by atoms with E-state index in [1.54, 1.807) is 6.21 Å². The molecule has 3 rings (SSSR count). The van der Waals surface area contributed by atoms with Crippen molar-refractivity contribution in [2.24, 2.45) is 15.9 Å². The van der Waals surface area contributed by atoms with Crippen LogP contribution in [0.3, 0.4) is 0 Å². The first-order valence-corrected chi connectivity index (χ1v) is 9.39. The fourth-order valence-corrected chi connectivity index (χ4v) is 3.31. The van der Waals surface area contributed by atoms with Gasteiger partial charge in [0.25, 0.3) is 0 Å². The number of para-hydroxylation sites is 1. The van der Waals surface area contributed by atoms with Crippen molar-refractivity contribution in [2.45, 2.75) is 5.75 Å². The van der Waals surface area contributed by atoms with Crippen LogP contribution in [0.15, 0.2) is 64.8 Å². The van der Waals surface area contributed by atoms with Crippen LogP contribution in [0.2, 0.25) is 0 Å². The zero-order chi connectivity index (χ0) is 17.3. The molecule has 0 radical (unpaired) electrons. The highest BCUT2D eigenvalue weighted by molar-refractivity contribution is 8.13. The maximum Gasteiger partial charge on any atom is 0.180 e. The third-order valence-corrected chi connectivity index (χ3v) is 4.83. The molecule has 0 aromatic heterocycles. The molecule has 0 atom stereocenters. The Balaban J connectivity index is 1.61. The molecule has 1 saturated heterocycles. The molecule has 1 aliphatic rings. The van der Waals surface area contributed by atoms with Crippen LogP contribution in [0.25, 0.3) is 0 Å². The average Bonchev–Trinajstić information content (AvgIpc) is 2.68. The number of nitrogens with zero attached hydrogens (tertiary/aromatic N) is 3. The topological polar surface area (TPSA) is 66.0 Å². The van der Waals surface area contributed by atoms with Gasteiger partial charge < -0.3 is 16.0 Å². The van der Waals surface area contributed by atoms with E-state index in [0.717, 1.165) is 37.5 Å². The summed E-state index contributed by atoms with van der Waals surface area (Å²) < 4.78 is 0. The molecule has 130 valence electrons. The molecule has 3 N–H and O–H groups in total. The molecule has 0 spiro atoms. The number of amidine groups is 1. The number of nitrogens with one attached hydrogen (secondary N) is 1. The normalized spacial score (nSPS) is 15.7. The summed E-state index contributed by atoms with van der Waals surface area (Å²) in [7, 11) is 0. The van der Waals surface area contributed by atoms with Crippen molar-refractivity contribution in [3.05, 3.63) is 65.7 Å². The van der Waals surface area contributed by atoms with Gasteiger partial charge in [0.15, 0.2) is 5.17 Å². The monoisotopic (exact) mass is 353 g/mol. The van der Waals surface area contributed by atoms with E-state index in [0.29, 0.717) is 5.17 Å². The largest absolute Gasteiger partial charge is 0.377 e. The van der Waals surface area contributed by atoms with E-state index in [2.05, 4.69) is 50.8 Å². The second kappa shape index (κ2) is 9.25. The quantitative estimate of drug-likeness (QED) is 0.493. The molecule has 25 heavy (non-hydrogen) atoms. The van der Waals surface area contributed by atoms with Crippen LogP contribution in [-0.2, 0) is 5.75 Å². The van der Waals surface area contributed by atoms with Crippen LogP contribution in [0.4, 0.5) is 5.69 Å². The third-order valence-electron chi connectivity index (χ3n) is 3.98. The maximum atomic E-state index is 5.95. The van der Waals surface area contributed by atoms with Gasteiger partial charge in [0, 0.05) is 43.2 Å². The van der Waals surface area contributed by atoms with Gasteiger partial charge in [-0.15, -0.1) is 5.10 Å². The highest BCUT2D eigenvalue weighted by Crippen LogP contribution is 2.19. The molecule has 1 aliphatic heterocycles. The summed E-state index contributed by atoms with van der Waals surface area (Å²) in [6.45, 7) is 4.02. The highest BCUT2D eigenvalue weighted by Gasteiger charge is 2.12. The van der Waals surface area contributed by atoms with Gasteiger partial charge in [0.2, 0.25) is 0 Å². The summed E-state index contributed by atoms with van der Waals surface area (Å²) >= 11 is 1.49. The zero-order valence-electron chi connectivity index (χ0n) is 14.1. The average molecular weight is 353 g/mol. The van der Waals surface area contributed by atoms with Crippen molar-refractivity contribution in [3.8, 4) is 0 Å². The van der Waals surface area contributed by atoms with Crippen LogP contribution in [0, 0.1) is 0 Å². The van der Waals surface area contributed by atoms with Crippen molar-refractivity contribution >= 4 is 28.8 Å². The standard InChI is InChI=1S/C19H23N5S/c20-19(25-15-16-6-2-1-3-7-16)23-22-14-17-8-4-5-9-18(17)24-12-10-21-11-13-24/h1-9,14,21H,10-13,15H2,(H2,20,23). The van der Waals surface area contributed by atoms with Gasteiger partial charge in [0.05, 0.1) is 6.21 Å². The van der Waals surface area contributed by atoms with Crippen molar-refractivity contribution in [3.63, 3.8) is 0 Å². The summed E-state index contributed by atoms with van der Waals surface area (Å²) in [5.41, 5.74) is 9.42. The maximum absolute atomic E-state index is 5.95. The lowest BCUT2D eigenvalue weighted by atomic mass is 10.1. The Morgan fingerprint density at radius 1 is 1.08 bits per heavy atom. The number of anilines is 1. The van der Waals surface area contributed by atoms with E-state index in [1.165, 1.54) is 23.0 Å². The lowest BCUT2D eigenvalue weighted by molar-refractivity contribution is 0.589. The number of hydrogen-bond donors (Lipinski definition) is 2. The second-order valence-corrected chi connectivity index (χ2v) is 6.75. The van der Waals surface area contributed by atoms with Crippen LogP contribution in [0.1, 0.15) is 11.1 Å². The predicted molar refractivity (Wildman–Crippen MR) is 108 cm³/mol. The molecule has 0 aliphatic carbocycles. The Hall–Kier alpha value is -2.31. The molecule has 5 nitrogen and oxygen atoms in total. The molecule has 0 amide bonds. The Labute approximate surface area is 153 Å². The lowest BCUT2D eigenvalue weighted by Crippen LogP contribution is -2.43. The van der Waals surface area contributed by atoms with E-state index in [1.807, 2.05) is 24.3 Å². The van der Waals surface area contributed by atoms with Gasteiger partial charge >= 0.3 is 0 Å². The summed E-state index contributed by atoms with van der Waals surface area (Å²) in [5.74, 6) is 0.795. The molecular formula is C19H23N5S. The number of benzene rings is 2. The first kappa shape index (κ1) is 17.5. The molecule has 0 unspecified atom stereocenters. The SMILES string of the molecule is NC(=NN=Cc1ccccc1N1CCNCC1)SCc1ccccc1. The molecule has 2 aromatic carbocycles. The fourth-order valence-electron chi connectivity index (χ4n) is 2.70. The number of hydrogen-bond acceptors (Lipinski definition) is 5. The van der Waals surface area contributed by atoms with E-state index in [9.17, 15) is 0 Å². The molecule has 0 saturated carbocycles. The van der Waals surface area contributed by atoms with Crippen molar-refractivity contribution in [2.75, 3.05) is 31.1 Å². The van der Waals surface area contributed by atoms with Crippen LogP contribution in [0.5, 0.6) is 0 Å². The van der Waals surface area contributed by atoms with Crippen LogP contribution >= 0.6 is 11.8 Å². The Kier molecular flexibility index (Phi) is 6.48. The number of rotatable bonds is 5. The van der Waals surface area contributed by atoms with Gasteiger partial charge in [0.1, 0.15) is 0 Å². The number of nitrogens with two attached hydrogens (primary N) is 1. The zero-order valence-corrected chi connectivity index (χ0v) is 15.0. The smallest absolute Gasteiger partial charge is 0.180 e. The summed E-state index contributed by atoms with van der Waals surface area (Å²) in [6, 6.07) is 18.5. The van der Waals surface area contributed by atoms with Crippen molar-refractivity contribution < 1.29 is 0 Å². The molecular weight excluding hydrogens is 330 g/mol. The van der Waals surface area contributed by atoms with Crippen molar-refractivity contribution in [1.82, 2.24) is 5.32 Å². The first-order chi connectivity index (χ1) is 12.3. The fraction of sp³-hybridized carbons (Fsp3) is 0.263. The van der Waals surface area contributed by atoms with Crippen molar-refractivity contribution in [1.29, 1.82) is 0 Å². The van der Waals surface area contributed by atoms with Gasteiger partial charge in [-0.25, -0.2) is 0 Å². The number of thioether (sulfide) groups is 1. The Bertz CT molecular complexity index is 724. The van der Waals surface area contributed by atoms with Crippen LogP contribution < -0.4 is 16.0 Å². The van der Waals surface area contributed by atoms with Gasteiger partial charge in [-0.1, -0.05) is 60.3 Å². The highest BCUT2D eigenvalue weighted by atomic mass is 32.2. The number of piperazine rings is 1. The van der Waals surface area contributed by atoms with Crippen LogP contribution in [-0.4, -0.2) is 37.6 Å². The molecule has 1 fully saturated rings. The van der Waals surface area contributed by atoms with E-state index in [-0.39, 0.29) is 0 Å². The minimum absolute atomic E-state index is 0.472. The summed E-state index contributed by atoms with van der Waals surface area (Å²) in [6.07, 6.45) is 1.79. The van der Waals surface area contributed by atoms with E-state index >= 15 is 0 Å². The molecule has 0 bridgehead atoms. The third kappa shape index (κ3) is 5.34. The first-order valence-electron chi connectivity index (χ1n) is 8.41.